The van der Waals surface area contributed by atoms with Gasteiger partial charge in [-0.2, -0.15) is 4.98 Å². The Balaban J connectivity index is 1.36. The molecule has 0 fully saturated rings. The van der Waals surface area contributed by atoms with Gasteiger partial charge in [0.05, 0.1) is 15.5 Å². The fourth-order valence-electron chi connectivity index (χ4n) is 3.78. The van der Waals surface area contributed by atoms with Crippen LogP contribution in [0.5, 0.6) is 0 Å². The average Bonchev–Trinajstić information content (AvgIpc) is 3.54. The molecule has 5 rings (SSSR count). The standard InChI is InChI=1S/C24H18ClN3O4S/c25-18-9-4-3-8-17(18)23(29)28-13-16-7-2-1-6-15(16)12-19(28)24(30)31-14-21-26-22(27-32-21)20-10-5-11-33-20/h1-11,19H,12-14H2/t19-/m0/s1. The van der Waals surface area contributed by atoms with Crippen molar-refractivity contribution < 1.29 is 18.8 Å². The predicted octanol–water partition coefficient (Wildman–Crippen LogP) is 4.76. The molecule has 4 aromatic rings. The minimum absolute atomic E-state index is 0.177. The first-order chi connectivity index (χ1) is 16.1. The summed E-state index contributed by atoms with van der Waals surface area (Å²) in [6.45, 7) is 0.104. The minimum Gasteiger partial charge on any atom is -0.454 e. The van der Waals surface area contributed by atoms with Crippen molar-refractivity contribution in [3.63, 3.8) is 0 Å². The van der Waals surface area contributed by atoms with Crippen LogP contribution < -0.4 is 0 Å². The number of hydrogen-bond donors (Lipinski definition) is 0. The number of thiophene rings is 1. The van der Waals surface area contributed by atoms with Gasteiger partial charge in [0.25, 0.3) is 11.8 Å². The summed E-state index contributed by atoms with van der Waals surface area (Å²) in [5, 5.41) is 6.17. The van der Waals surface area contributed by atoms with Gasteiger partial charge in [0.15, 0.2) is 6.61 Å². The molecular weight excluding hydrogens is 462 g/mol. The van der Waals surface area contributed by atoms with Gasteiger partial charge >= 0.3 is 5.97 Å². The maximum atomic E-state index is 13.3. The van der Waals surface area contributed by atoms with E-state index in [0.29, 0.717) is 22.8 Å². The lowest BCUT2D eigenvalue weighted by molar-refractivity contribution is -0.151. The van der Waals surface area contributed by atoms with Crippen LogP contribution in [-0.4, -0.2) is 33.0 Å². The quantitative estimate of drug-likeness (QED) is 0.383. The largest absolute Gasteiger partial charge is 0.454 e. The van der Waals surface area contributed by atoms with Gasteiger partial charge in [-0.3, -0.25) is 4.79 Å². The number of rotatable bonds is 5. The number of amides is 1. The van der Waals surface area contributed by atoms with Gasteiger partial charge in [0.2, 0.25) is 5.82 Å². The Morgan fingerprint density at radius 3 is 2.67 bits per heavy atom. The van der Waals surface area contributed by atoms with Crippen molar-refractivity contribution in [2.45, 2.75) is 25.6 Å². The van der Waals surface area contributed by atoms with Gasteiger partial charge in [0, 0.05) is 13.0 Å². The van der Waals surface area contributed by atoms with Gasteiger partial charge in [-0.1, -0.05) is 59.2 Å². The molecule has 1 atom stereocenters. The van der Waals surface area contributed by atoms with E-state index in [9.17, 15) is 9.59 Å². The van der Waals surface area contributed by atoms with Gasteiger partial charge in [0.1, 0.15) is 6.04 Å². The zero-order valence-corrected chi connectivity index (χ0v) is 18.9. The second-order valence-corrected chi connectivity index (χ2v) is 8.85. The molecule has 0 spiro atoms. The molecule has 7 nitrogen and oxygen atoms in total. The first-order valence-corrected chi connectivity index (χ1v) is 11.5. The fraction of sp³-hybridized carbons (Fsp3) is 0.167. The third kappa shape index (κ3) is 4.40. The smallest absolute Gasteiger partial charge is 0.329 e. The zero-order valence-electron chi connectivity index (χ0n) is 17.3. The Hall–Kier alpha value is -3.49. The minimum atomic E-state index is -0.802. The molecule has 3 heterocycles. The van der Waals surface area contributed by atoms with Crippen LogP contribution in [0.1, 0.15) is 27.4 Å². The Morgan fingerprint density at radius 1 is 1.09 bits per heavy atom. The highest BCUT2D eigenvalue weighted by molar-refractivity contribution is 7.13. The maximum absolute atomic E-state index is 13.3. The van der Waals surface area contributed by atoms with Crippen molar-refractivity contribution in [3.05, 3.63) is 93.6 Å². The molecule has 0 unspecified atom stereocenters. The lowest BCUT2D eigenvalue weighted by atomic mass is 9.93. The predicted molar refractivity (Wildman–Crippen MR) is 123 cm³/mol. The highest BCUT2D eigenvalue weighted by Crippen LogP contribution is 2.28. The first kappa shape index (κ1) is 21.4. The molecule has 0 aliphatic carbocycles. The van der Waals surface area contributed by atoms with Gasteiger partial charge in [-0.05, 0) is 34.7 Å². The zero-order chi connectivity index (χ0) is 22.8. The molecule has 1 aliphatic heterocycles. The molecule has 2 aromatic heterocycles. The summed E-state index contributed by atoms with van der Waals surface area (Å²) in [7, 11) is 0. The van der Waals surface area contributed by atoms with Gasteiger partial charge < -0.3 is 14.2 Å². The SMILES string of the molecule is O=C(OCc1nc(-c2cccs2)no1)[C@@H]1Cc2ccccc2CN1C(=O)c1ccccc1Cl. The van der Waals surface area contributed by atoms with E-state index in [-0.39, 0.29) is 24.9 Å². The van der Waals surface area contributed by atoms with Crippen molar-refractivity contribution in [2.75, 3.05) is 0 Å². The van der Waals surface area contributed by atoms with Crippen LogP contribution in [0.4, 0.5) is 0 Å². The summed E-state index contributed by atoms with van der Waals surface area (Å²) >= 11 is 7.75. The van der Waals surface area contributed by atoms with E-state index < -0.39 is 12.0 Å². The number of esters is 1. The summed E-state index contributed by atoms with van der Waals surface area (Å²) < 4.78 is 10.7. The number of halogens is 1. The van der Waals surface area contributed by atoms with Crippen LogP contribution >= 0.6 is 22.9 Å². The molecular formula is C24H18ClN3O4S. The van der Waals surface area contributed by atoms with Crippen LogP contribution in [0.3, 0.4) is 0 Å². The third-order valence-electron chi connectivity index (χ3n) is 5.43. The summed E-state index contributed by atoms with van der Waals surface area (Å²) in [5.41, 5.74) is 2.33. The highest BCUT2D eigenvalue weighted by atomic mass is 35.5. The second kappa shape index (κ2) is 9.17. The lowest BCUT2D eigenvalue weighted by Crippen LogP contribution is -2.49. The Kier molecular flexibility index (Phi) is 5.93. The van der Waals surface area contributed by atoms with E-state index >= 15 is 0 Å². The maximum Gasteiger partial charge on any atom is 0.329 e. The van der Waals surface area contributed by atoms with E-state index in [4.69, 9.17) is 20.9 Å². The molecule has 0 bridgehead atoms. The van der Waals surface area contributed by atoms with Crippen molar-refractivity contribution in [1.29, 1.82) is 0 Å². The Labute approximate surface area is 198 Å². The summed E-state index contributed by atoms with van der Waals surface area (Å²) in [6.07, 6.45) is 0.343. The molecule has 166 valence electrons. The fourth-order valence-corrected chi connectivity index (χ4v) is 4.65. The average molecular weight is 480 g/mol. The number of ether oxygens (including phenoxy) is 1. The van der Waals surface area contributed by atoms with E-state index in [1.807, 2.05) is 41.8 Å². The number of hydrogen-bond acceptors (Lipinski definition) is 7. The van der Waals surface area contributed by atoms with Crippen molar-refractivity contribution in [3.8, 4) is 10.7 Å². The summed E-state index contributed by atoms with van der Waals surface area (Å²) in [5.74, 6) is -0.235. The van der Waals surface area contributed by atoms with E-state index in [1.54, 1.807) is 24.3 Å². The number of carbonyl (C=O) groups is 2. The van der Waals surface area contributed by atoms with Crippen LogP contribution in [0.2, 0.25) is 5.02 Å². The molecule has 33 heavy (non-hydrogen) atoms. The van der Waals surface area contributed by atoms with Gasteiger partial charge in [-0.15, -0.1) is 11.3 Å². The van der Waals surface area contributed by atoms with Crippen molar-refractivity contribution in [1.82, 2.24) is 15.0 Å². The molecule has 1 amide bonds. The molecule has 0 saturated carbocycles. The molecule has 0 saturated heterocycles. The molecule has 0 radical (unpaired) electrons. The lowest BCUT2D eigenvalue weighted by Gasteiger charge is -2.35. The molecule has 2 aromatic carbocycles. The highest BCUT2D eigenvalue weighted by Gasteiger charge is 2.36. The normalized spacial score (nSPS) is 15.2. The Morgan fingerprint density at radius 2 is 1.88 bits per heavy atom. The topological polar surface area (TPSA) is 85.5 Å². The number of aromatic nitrogens is 2. The summed E-state index contributed by atoms with van der Waals surface area (Å²) in [6, 6.07) is 17.5. The Bertz CT molecular complexity index is 1300. The van der Waals surface area contributed by atoms with Crippen LogP contribution in [0, 0.1) is 0 Å². The van der Waals surface area contributed by atoms with Crippen LogP contribution in [0.25, 0.3) is 10.7 Å². The second-order valence-electron chi connectivity index (χ2n) is 7.50. The number of carbonyl (C=O) groups excluding carboxylic acids is 2. The third-order valence-corrected chi connectivity index (χ3v) is 6.63. The van der Waals surface area contributed by atoms with E-state index in [0.717, 1.165) is 16.0 Å². The van der Waals surface area contributed by atoms with E-state index in [1.165, 1.54) is 16.2 Å². The first-order valence-electron chi connectivity index (χ1n) is 10.3. The molecule has 9 heteroatoms. The number of fused-ring (bicyclic) bond motifs is 1. The van der Waals surface area contributed by atoms with Crippen LogP contribution in [-0.2, 0) is 29.1 Å². The number of benzene rings is 2. The van der Waals surface area contributed by atoms with Crippen molar-refractivity contribution in [2.24, 2.45) is 0 Å². The van der Waals surface area contributed by atoms with Crippen molar-refractivity contribution >= 4 is 34.8 Å². The van der Waals surface area contributed by atoms with Gasteiger partial charge in [-0.25, -0.2) is 4.79 Å². The van der Waals surface area contributed by atoms with Crippen LogP contribution in [0.15, 0.2) is 70.6 Å². The molecule has 0 N–H and O–H groups in total. The molecule has 1 aliphatic rings. The van der Waals surface area contributed by atoms with E-state index in [2.05, 4.69) is 10.1 Å². The summed E-state index contributed by atoms with van der Waals surface area (Å²) in [4.78, 5) is 33.1. The number of nitrogens with zero attached hydrogens (tertiary/aromatic N) is 3. The monoisotopic (exact) mass is 479 g/mol.